The number of sulfonamides is 1. The quantitative estimate of drug-likeness (QED) is 0.143. The predicted molar refractivity (Wildman–Crippen MR) is 159 cm³/mol. The number of carbonyl (C=O) groups is 1. The average Bonchev–Trinajstić information content (AvgIpc) is 3.23. The van der Waals surface area contributed by atoms with Crippen LogP contribution in [0.5, 0.6) is 5.75 Å². The molecule has 0 saturated heterocycles. The number of halogens is 4. The zero-order valence-corrected chi connectivity index (χ0v) is 25.6. The maximum Gasteiger partial charge on any atom is 0.393 e. The average molecular weight is 645 g/mol. The van der Waals surface area contributed by atoms with Crippen molar-refractivity contribution >= 4 is 48.7 Å². The van der Waals surface area contributed by atoms with Crippen LogP contribution in [0.1, 0.15) is 17.4 Å². The highest BCUT2D eigenvalue weighted by molar-refractivity contribution is 7.90. The summed E-state index contributed by atoms with van der Waals surface area (Å²) in [6.07, 6.45) is -5.61. The van der Waals surface area contributed by atoms with Gasteiger partial charge in [-0.05, 0) is 31.1 Å². The molecule has 9 nitrogen and oxygen atoms in total. The van der Waals surface area contributed by atoms with Crippen molar-refractivity contribution in [1.29, 1.82) is 0 Å². The van der Waals surface area contributed by atoms with Gasteiger partial charge in [0.25, 0.3) is 10.0 Å². The molecule has 1 aromatic heterocycles. The summed E-state index contributed by atoms with van der Waals surface area (Å²) in [6.45, 7) is 2.30. The summed E-state index contributed by atoms with van der Waals surface area (Å²) >= 11 is 1.15. The molecule has 0 atom stereocenters. The fraction of sp³-hybridized carbons (Fsp3) is 0.393. The van der Waals surface area contributed by atoms with E-state index in [9.17, 15) is 30.8 Å². The normalized spacial score (nSPS) is 11.7. The number of alkyl halides is 3. The third-order valence-electron chi connectivity index (χ3n) is 5.79. The molecule has 43 heavy (non-hydrogen) atoms. The van der Waals surface area contributed by atoms with Crippen LogP contribution < -0.4 is 20.1 Å². The molecule has 0 spiro atoms. The van der Waals surface area contributed by atoms with E-state index in [1.807, 2.05) is 19.0 Å². The molecule has 3 rings (SSSR count). The molecular weight excluding hydrogens is 612 g/mol. The Kier molecular flexibility index (Phi) is 11.6. The van der Waals surface area contributed by atoms with E-state index in [2.05, 4.69) is 22.5 Å². The van der Waals surface area contributed by atoms with Gasteiger partial charge in [-0.15, -0.1) is 11.3 Å². The first-order valence-electron chi connectivity index (χ1n) is 12.9. The Balaban J connectivity index is 1.92. The molecule has 0 radical (unpaired) electrons. The summed E-state index contributed by atoms with van der Waals surface area (Å²) in [6, 6.07) is 6.93. The summed E-state index contributed by atoms with van der Waals surface area (Å²) in [5, 5.41) is 6.56. The fourth-order valence-electron chi connectivity index (χ4n) is 3.94. The van der Waals surface area contributed by atoms with Crippen LogP contribution in [-0.2, 0) is 26.0 Å². The number of likely N-dealkylation sites (N-methyl/N-ethyl adjacent to an activating group) is 1. The van der Waals surface area contributed by atoms with E-state index >= 15 is 0 Å². The SMILES string of the molecule is COCCOc1cc(S(=O)(=O)NC(C)=O)c(F)cc1NCC#Cc1sc2c(NCCN(C)C)cccc2c1CC(F)(F)F. The second-order valence-corrected chi connectivity index (χ2v) is 12.2. The van der Waals surface area contributed by atoms with Crippen LogP contribution >= 0.6 is 11.3 Å². The Morgan fingerprint density at radius 2 is 1.86 bits per heavy atom. The zero-order chi connectivity index (χ0) is 31.8. The first kappa shape index (κ1) is 33.9. The molecule has 0 aliphatic rings. The number of methoxy groups -OCH3 is 1. The van der Waals surface area contributed by atoms with Crippen molar-refractivity contribution in [3.8, 4) is 17.6 Å². The van der Waals surface area contributed by atoms with Crippen molar-refractivity contribution < 1.29 is 40.2 Å². The van der Waals surface area contributed by atoms with Crippen molar-refractivity contribution in [3.05, 3.63) is 46.6 Å². The monoisotopic (exact) mass is 644 g/mol. The lowest BCUT2D eigenvalue weighted by molar-refractivity contribution is -0.127. The predicted octanol–water partition coefficient (Wildman–Crippen LogP) is 4.43. The van der Waals surface area contributed by atoms with Gasteiger partial charge in [0.15, 0.2) is 0 Å². The van der Waals surface area contributed by atoms with Gasteiger partial charge in [-0.25, -0.2) is 17.5 Å². The van der Waals surface area contributed by atoms with E-state index in [0.717, 1.165) is 36.9 Å². The molecule has 0 fully saturated rings. The molecular formula is C28H32F4N4O5S2. The minimum Gasteiger partial charge on any atom is -0.489 e. The molecule has 3 aromatic rings. The van der Waals surface area contributed by atoms with Gasteiger partial charge in [0.2, 0.25) is 5.91 Å². The van der Waals surface area contributed by atoms with Crippen LogP contribution in [0.3, 0.4) is 0 Å². The van der Waals surface area contributed by atoms with Gasteiger partial charge in [0.1, 0.15) is 23.1 Å². The van der Waals surface area contributed by atoms with E-state index in [-0.39, 0.29) is 41.6 Å². The van der Waals surface area contributed by atoms with Gasteiger partial charge in [-0.1, -0.05) is 24.0 Å². The Hall–Kier alpha value is -3.58. The number of thiophene rings is 1. The third kappa shape index (κ3) is 9.72. The number of carbonyl (C=O) groups excluding carboxylic acids is 1. The van der Waals surface area contributed by atoms with Crippen LogP contribution in [0.15, 0.2) is 35.2 Å². The van der Waals surface area contributed by atoms with Crippen LogP contribution in [-0.4, -0.2) is 79.5 Å². The summed E-state index contributed by atoms with van der Waals surface area (Å²) in [5.41, 5.74) is 0.823. The molecule has 15 heteroatoms. The number of hydrogen-bond acceptors (Lipinski definition) is 9. The Morgan fingerprint density at radius 3 is 2.51 bits per heavy atom. The van der Waals surface area contributed by atoms with E-state index in [1.165, 1.54) is 7.11 Å². The highest BCUT2D eigenvalue weighted by Gasteiger charge is 2.31. The maximum absolute atomic E-state index is 14.8. The molecule has 2 aromatic carbocycles. The highest BCUT2D eigenvalue weighted by atomic mass is 32.2. The van der Waals surface area contributed by atoms with Gasteiger partial charge in [0.05, 0.1) is 40.5 Å². The van der Waals surface area contributed by atoms with Crippen LogP contribution in [0.4, 0.5) is 28.9 Å². The first-order valence-corrected chi connectivity index (χ1v) is 15.2. The molecule has 1 amide bonds. The minimum atomic E-state index is -4.51. The number of fused-ring (bicyclic) bond motifs is 1. The van der Waals surface area contributed by atoms with E-state index in [0.29, 0.717) is 22.3 Å². The maximum atomic E-state index is 14.8. The van der Waals surface area contributed by atoms with Crippen molar-refractivity contribution in [1.82, 2.24) is 9.62 Å². The minimum absolute atomic E-state index is 0.00435. The van der Waals surface area contributed by atoms with Crippen LogP contribution in [0.25, 0.3) is 10.1 Å². The van der Waals surface area contributed by atoms with Gasteiger partial charge in [0, 0.05) is 39.3 Å². The molecule has 0 unspecified atom stereocenters. The van der Waals surface area contributed by atoms with Gasteiger partial charge in [-0.2, -0.15) is 13.2 Å². The summed E-state index contributed by atoms with van der Waals surface area (Å²) in [5.74, 6) is 3.47. The Bertz CT molecular complexity index is 1610. The molecule has 234 valence electrons. The fourth-order valence-corrected chi connectivity index (χ4v) is 6.19. The second kappa shape index (κ2) is 14.7. The van der Waals surface area contributed by atoms with Crippen molar-refractivity contribution in [2.75, 3.05) is 64.7 Å². The van der Waals surface area contributed by atoms with Crippen molar-refractivity contribution in [3.63, 3.8) is 0 Å². The molecule has 3 N–H and O–H groups in total. The summed E-state index contributed by atoms with van der Waals surface area (Å²) in [4.78, 5) is 12.7. The zero-order valence-electron chi connectivity index (χ0n) is 23.9. The smallest absolute Gasteiger partial charge is 0.393 e. The van der Waals surface area contributed by atoms with Crippen LogP contribution in [0.2, 0.25) is 0 Å². The topological polar surface area (TPSA) is 109 Å². The summed E-state index contributed by atoms with van der Waals surface area (Å²) < 4.78 is 93.1. The number of ether oxygens (including phenoxy) is 2. The van der Waals surface area contributed by atoms with Crippen molar-refractivity contribution in [2.24, 2.45) is 0 Å². The molecule has 0 aliphatic carbocycles. The number of amides is 1. The van der Waals surface area contributed by atoms with E-state index < -0.39 is 39.2 Å². The largest absolute Gasteiger partial charge is 0.489 e. The van der Waals surface area contributed by atoms with Gasteiger partial charge in [-0.3, -0.25) is 4.79 Å². The van der Waals surface area contributed by atoms with Gasteiger partial charge >= 0.3 is 6.18 Å². The lowest BCUT2D eigenvalue weighted by Crippen LogP contribution is -2.29. The number of nitrogens with zero attached hydrogens (tertiary/aromatic N) is 1. The number of anilines is 2. The number of hydrogen-bond donors (Lipinski definition) is 3. The highest BCUT2D eigenvalue weighted by Crippen LogP contribution is 2.39. The van der Waals surface area contributed by atoms with Crippen LogP contribution in [0, 0.1) is 17.7 Å². The van der Waals surface area contributed by atoms with E-state index in [1.54, 1.807) is 22.9 Å². The number of benzene rings is 2. The lowest BCUT2D eigenvalue weighted by Gasteiger charge is -2.15. The van der Waals surface area contributed by atoms with E-state index in [4.69, 9.17) is 9.47 Å². The first-order chi connectivity index (χ1) is 20.2. The number of rotatable bonds is 13. The Labute approximate surface area is 251 Å². The lowest BCUT2D eigenvalue weighted by atomic mass is 10.1. The Morgan fingerprint density at radius 1 is 1.12 bits per heavy atom. The molecule has 1 heterocycles. The molecule has 0 aliphatic heterocycles. The third-order valence-corrected chi connectivity index (χ3v) is 8.43. The molecule has 0 bridgehead atoms. The van der Waals surface area contributed by atoms with Gasteiger partial charge < -0.3 is 25.0 Å². The second-order valence-electron chi connectivity index (χ2n) is 9.55. The number of nitrogens with one attached hydrogen (secondary N) is 3. The van der Waals surface area contributed by atoms with Crippen molar-refractivity contribution in [2.45, 2.75) is 24.4 Å². The summed E-state index contributed by atoms with van der Waals surface area (Å²) in [7, 11) is 0.759. The molecule has 0 saturated carbocycles. The standard InChI is InChI=1S/C28H32F4N4O5S2/c1-18(37)35-43(38,39)26-16-24(41-14-13-40-4)23(15-21(26)29)33-10-6-9-25-20(17-28(30,31)32)19-7-5-8-22(27(19)42-25)34-11-12-36(2)3/h5,7-8,15-16,33-34H,10-14,17H2,1-4H3,(H,35,37).